The fraction of sp³-hybridized carbons (Fsp3) is 0.467. The summed E-state index contributed by atoms with van der Waals surface area (Å²) in [6, 6.07) is 8.68. The summed E-state index contributed by atoms with van der Waals surface area (Å²) in [4.78, 5) is 2.36. The molecule has 0 atom stereocenters. The highest BCUT2D eigenvalue weighted by Crippen LogP contribution is 2.17. The van der Waals surface area contributed by atoms with Crippen molar-refractivity contribution in [2.24, 2.45) is 0 Å². The van der Waals surface area contributed by atoms with E-state index in [1.165, 1.54) is 11.3 Å². The molecule has 2 nitrogen and oxygen atoms in total. The van der Waals surface area contributed by atoms with Gasteiger partial charge in [0, 0.05) is 18.8 Å². The van der Waals surface area contributed by atoms with Crippen molar-refractivity contribution in [1.29, 1.82) is 0 Å². The zero-order chi connectivity index (χ0) is 12.5. The molecule has 0 N–H and O–H groups in total. The van der Waals surface area contributed by atoms with Crippen molar-refractivity contribution in [2.45, 2.75) is 20.8 Å². The molecule has 1 aliphatic rings. The maximum absolute atomic E-state index is 5.33. The molecule has 1 aromatic rings. The molecular weight excluding hydrogens is 210 g/mol. The number of benzene rings is 1. The Morgan fingerprint density at radius 2 is 1.65 bits per heavy atom. The van der Waals surface area contributed by atoms with E-state index in [0.717, 1.165) is 26.3 Å². The molecule has 0 aromatic heterocycles. The highest BCUT2D eigenvalue weighted by Gasteiger charge is 2.10. The van der Waals surface area contributed by atoms with E-state index in [2.05, 4.69) is 41.3 Å². The van der Waals surface area contributed by atoms with Crippen LogP contribution in [0.5, 0.6) is 0 Å². The minimum atomic E-state index is 0.844. The first kappa shape index (κ1) is 13.8. The lowest BCUT2D eigenvalue weighted by Gasteiger charge is -2.28. The van der Waals surface area contributed by atoms with Crippen molar-refractivity contribution in [3.05, 3.63) is 35.9 Å². The van der Waals surface area contributed by atoms with Gasteiger partial charge in [-0.05, 0) is 24.6 Å². The van der Waals surface area contributed by atoms with Crippen molar-refractivity contribution >= 4 is 11.8 Å². The topological polar surface area (TPSA) is 12.5 Å². The molecule has 2 rings (SSSR count). The van der Waals surface area contributed by atoms with Crippen molar-refractivity contribution in [3.8, 4) is 0 Å². The van der Waals surface area contributed by atoms with Gasteiger partial charge < -0.3 is 9.64 Å². The Labute approximate surface area is 105 Å². The van der Waals surface area contributed by atoms with Gasteiger partial charge >= 0.3 is 0 Å². The Morgan fingerprint density at radius 1 is 1.06 bits per heavy atom. The molecule has 1 fully saturated rings. The van der Waals surface area contributed by atoms with Crippen LogP contribution in [-0.2, 0) is 4.74 Å². The Hall–Kier alpha value is -1.28. The fourth-order valence-electron chi connectivity index (χ4n) is 1.81. The van der Waals surface area contributed by atoms with E-state index in [9.17, 15) is 0 Å². The van der Waals surface area contributed by atoms with E-state index in [1.54, 1.807) is 0 Å². The average molecular weight is 233 g/mol. The van der Waals surface area contributed by atoms with Gasteiger partial charge in [-0.25, -0.2) is 0 Å². The molecule has 0 radical (unpaired) electrons. The van der Waals surface area contributed by atoms with Crippen molar-refractivity contribution in [1.82, 2.24) is 0 Å². The van der Waals surface area contributed by atoms with Gasteiger partial charge in [0.2, 0.25) is 0 Å². The van der Waals surface area contributed by atoms with E-state index in [-0.39, 0.29) is 0 Å². The van der Waals surface area contributed by atoms with Gasteiger partial charge in [-0.1, -0.05) is 38.1 Å². The first-order valence-corrected chi connectivity index (χ1v) is 6.45. The lowest BCUT2D eigenvalue weighted by atomic mass is 10.2. The Kier molecular flexibility index (Phi) is 6.41. The minimum Gasteiger partial charge on any atom is -0.378 e. The second kappa shape index (κ2) is 7.91. The smallest absolute Gasteiger partial charge is 0.0642 e. The van der Waals surface area contributed by atoms with E-state index in [1.807, 2.05) is 20.8 Å². The fourth-order valence-corrected chi connectivity index (χ4v) is 1.81. The first-order valence-electron chi connectivity index (χ1n) is 6.45. The second-order valence-electron chi connectivity index (χ2n) is 3.69. The standard InChI is InChI=1S/C13H17NO.C2H6/c1-2-3-12-4-6-13(7-5-12)14-8-10-15-11-9-14;1-2/h2-7H,8-11H2,1H3;1-2H3/b3-2+;. The number of nitrogens with zero attached hydrogens (tertiary/aromatic N) is 1. The van der Waals surface area contributed by atoms with Crippen LogP contribution in [-0.4, -0.2) is 26.3 Å². The first-order chi connectivity index (χ1) is 8.40. The van der Waals surface area contributed by atoms with Crippen LogP contribution in [0, 0.1) is 0 Å². The quantitative estimate of drug-likeness (QED) is 0.774. The third kappa shape index (κ3) is 4.23. The lowest BCUT2D eigenvalue weighted by Crippen LogP contribution is -2.36. The zero-order valence-corrected chi connectivity index (χ0v) is 11.1. The molecule has 0 unspecified atom stereocenters. The van der Waals surface area contributed by atoms with Crippen LogP contribution in [0.25, 0.3) is 6.08 Å². The normalized spacial score (nSPS) is 15.6. The van der Waals surface area contributed by atoms with Crippen LogP contribution in [0.15, 0.2) is 30.3 Å². The van der Waals surface area contributed by atoms with Crippen LogP contribution in [0.3, 0.4) is 0 Å². The summed E-state index contributed by atoms with van der Waals surface area (Å²) in [6.07, 6.45) is 4.17. The number of ether oxygens (including phenoxy) is 1. The molecule has 0 saturated carbocycles. The Balaban J connectivity index is 0.000000686. The van der Waals surface area contributed by atoms with Gasteiger partial charge in [0.1, 0.15) is 0 Å². The van der Waals surface area contributed by atoms with Gasteiger partial charge in [-0.3, -0.25) is 0 Å². The molecule has 0 aliphatic carbocycles. The van der Waals surface area contributed by atoms with Crippen LogP contribution in [0.2, 0.25) is 0 Å². The molecule has 1 aliphatic heterocycles. The minimum absolute atomic E-state index is 0.844. The van der Waals surface area contributed by atoms with E-state index >= 15 is 0 Å². The maximum Gasteiger partial charge on any atom is 0.0642 e. The number of allylic oxidation sites excluding steroid dienone is 1. The van der Waals surface area contributed by atoms with E-state index in [4.69, 9.17) is 4.74 Å². The largest absolute Gasteiger partial charge is 0.378 e. The van der Waals surface area contributed by atoms with Gasteiger partial charge in [0.05, 0.1) is 13.2 Å². The van der Waals surface area contributed by atoms with Gasteiger partial charge in [-0.2, -0.15) is 0 Å². The molecule has 0 spiro atoms. The molecule has 1 heterocycles. The SMILES string of the molecule is C/C=C/c1ccc(N2CCOCC2)cc1.CC. The zero-order valence-electron chi connectivity index (χ0n) is 11.1. The van der Waals surface area contributed by atoms with E-state index in [0.29, 0.717) is 0 Å². The van der Waals surface area contributed by atoms with Gasteiger partial charge in [-0.15, -0.1) is 0 Å². The predicted molar refractivity (Wildman–Crippen MR) is 75.5 cm³/mol. The lowest BCUT2D eigenvalue weighted by molar-refractivity contribution is 0.122. The average Bonchev–Trinajstić information content (AvgIpc) is 2.43. The second-order valence-corrected chi connectivity index (χ2v) is 3.69. The Morgan fingerprint density at radius 3 is 2.18 bits per heavy atom. The van der Waals surface area contributed by atoms with Crippen molar-refractivity contribution in [2.75, 3.05) is 31.2 Å². The third-order valence-corrected chi connectivity index (χ3v) is 2.63. The molecule has 1 saturated heterocycles. The molecule has 2 heteroatoms. The molecule has 17 heavy (non-hydrogen) atoms. The molecular formula is C15H23NO. The molecule has 1 aromatic carbocycles. The highest BCUT2D eigenvalue weighted by molar-refractivity contribution is 5.55. The number of hydrogen-bond acceptors (Lipinski definition) is 2. The number of anilines is 1. The monoisotopic (exact) mass is 233 g/mol. The number of hydrogen-bond donors (Lipinski definition) is 0. The van der Waals surface area contributed by atoms with E-state index < -0.39 is 0 Å². The summed E-state index contributed by atoms with van der Waals surface area (Å²) >= 11 is 0. The maximum atomic E-state index is 5.33. The van der Waals surface area contributed by atoms with Gasteiger partial charge in [0.15, 0.2) is 0 Å². The van der Waals surface area contributed by atoms with Crippen molar-refractivity contribution in [3.63, 3.8) is 0 Å². The third-order valence-electron chi connectivity index (χ3n) is 2.63. The van der Waals surface area contributed by atoms with Crippen LogP contribution in [0.4, 0.5) is 5.69 Å². The summed E-state index contributed by atoms with van der Waals surface area (Å²) in [5, 5.41) is 0. The molecule has 94 valence electrons. The predicted octanol–water partition coefficient (Wildman–Crippen LogP) is 3.58. The summed E-state index contributed by atoms with van der Waals surface area (Å²) in [5.74, 6) is 0. The van der Waals surface area contributed by atoms with Gasteiger partial charge in [0.25, 0.3) is 0 Å². The summed E-state index contributed by atoms with van der Waals surface area (Å²) in [7, 11) is 0. The Bertz CT molecular complexity index is 323. The number of rotatable bonds is 2. The summed E-state index contributed by atoms with van der Waals surface area (Å²) in [5.41, 5.74) is 2.56. The molecule has 0 amide bonds. The number of morpholine rings is 1. The van der Waals surface area contributed by atoms with Crippen LogP contribution < -0.4 is 4.90 Å². The summed E-state index contributed by atoms with van der Waals surface area (Å²) < 4.78 is 5.33. The van der Waals surface area contributed by atoms with Crippen LogP contribution in [0.1, 0.15) is 26.3 Å². The summed E-state index contributed by atoms with van der Waals surface area (Å²) in [6.45, 7) is 9.73. The molecule has 0 bridgehead atoms. The van der Waals surface area contributed by atoms with Crippen molar-refractivity contribution < 1.29 is 4.74 Å². The highest BCUT2D eigenvalue weighted by atomic mass is 16.5. The van der Waals surface area contributed by atoms with Crippen LogP contribution >= 0.6 is 0 Å².